The van der Waals surface area contributed by atoms with Crippen molar-refractivity contribution in [3.63, 3.8) is 0 Å². The van der Waals surface area contributed by atoms with Crippen molar-refractivity contribution >= 4 is 23.6 Å². The van der Waals surface area contributed by atoms with Gasteiger partial charge in [-0.1, -0.05) is 44.5 Å². The van der Waals surface area contributed by atoms with Crippen molar-refractivity contribution in [3.8, 4) is 0 Å². The monoisotopic (exact) mass is 393 g/mol. The van der Waals surface area contributed by atoms with Crippen LogP contribution in [0.1, 0.15) is 56.9 Å². The van der Waals surface area contributed by atoms with E-state index < -0.39 is 29.7 Å². The van der Waals surface area contributed by atoms with Crippen LogP contribution in [0.2, 0.25) is 0 Å². The molecule has 3 rings (SSSR count). The molecule has 2 aromatic carbocycles. The van der Waals surface area contributed by atoms with Crippen molar-refractivity contribution in [1.82, 2.24) is 10.2 Å². The predicted molar refractivity (Wildman–Crippen MR) is 107 cm³/mol. The number of hydrogen-bond acceptors (Lipinski definition) is 4. The van der Waals surface area contributed by atoms with Crippen LogP contribution in [0.15, 0.2) is 48.5 Å². The molecule has 1 aliphatic rings. The van der Waals surface area contributed by atoms with Crippen molar-refractivity contribution in [1.29, 1.82) is 0 Å². The van der Waals surface area contributed by atoms with Crippen LogP contribution in [-0.2, 0) is 11.3 Å². The van der Waals surface area contributed by atoms with E-state index in [4.69, 9.17) is 5.73 Å². The van der Waals surface area contributed by atoms with Crippen LogP contribution in [0.3, 0.4) is 0 Å². The first kappa shape index (κ1) is 20.3. The number of fused-ring (bicyclic) bond motifs is 1. The highest BCUT2D eigenvalue weighted by Gasteiger charge is 2.44. The average Bonchev–Trinajstić information content (AvgIpc) is 2.98. The van der Waals surface area contributed by atoms with Crippen LogP contribution >= 0.6 is 0 Å². The Hall–Kier alpha value is -3.48. The lowest BCUT2D eigenvalue weighted by Gasteiger charge is -2.29. The molecule has 0 bridgehead atoms. The standard InChI is InChI=1S/C22H23N3O4/c1-3-13(2)18(25-21(28)16-6-4-5-7-17(16)22(25)29)20(27)24-12-14-8-10-15(11-9-14)19(23)26/h4-11,13,18H,3,12H2,1-2H3,(H2,23,26)(H,24,27). The largest absolute Gasteiger partial charge is 0.366 e. The molecule has 29 heavy (non-hydrogen) atoms. The van der Waals surface area contributed by atoms with Crippen molar-refractivity contribution in [2.75, 3.05) is 0 Å². The van der Waals surface area contributed by atoms with Gasteiger partial charge in [0.05, 0.1) is 11.1 Å². The van der Waals surface area contributed by atoms with Gasteiger partial charge in [-0.25, -0.2) is 0 Å². The average molecular weight is 393 g/mol. The van der Waals surface area contributed by atoms with Gasteiger partial charge in [-0.3, -0.25) is 24.1 Å². The summed E-state index contributed by atoms with van der Waals surface area (Å²) in [5.41, 5.74) is 7.02. The van der Waals surface area contributed by atoms with Crippen molar-refractivity contribution < 1.29 is 19.2 Å². The van der Waals surface area contributed by atoms with Crippen LogP contribution in [0.4, 0.5) is 0 Å². The van der Waals surface area contributed by atoms with Crippen molar-refractivity contribution in [2.24, 2.45) is 11.7 Å². The summed E-state index contributed by atoms with van der Waals surface area (Å²) in [6.45, 7) is 3.95. The van der Waals surface area contributed by atoms with E-state index in [-0.39, 0.29) is 12.5 Å². The molecular weight excluding hydrogens is 370 g/mol. The third-order valence-electron chi connectivity index (χ3n) is 5.26. The molecule has 1 heterocycles. The van der Waals surface area contributed by atoms with E-state index in [1.54, 1.807) is 48.5 Å². The first-order chi connectivity index (χ1) is 13.8. The fourth-order valence-corrected chi connectivity index (χ4v) is 3.39. The summed E-state index contributed by atoms with van der Waals surface area (Å²) in [5, 5.41) is 2.81. The van der Waals surface area contributed by atoms with Gasteiger partial charge in [0.15, 0.2) is 0 Å². The van der Waals surface area contributed by atoms with Gasteiger partial charge in [0.25, 0.3) is 11.8 Å². The maximum Gasteiger partial charge on any atom is 0.262 e. The molecule has 0 spiro atoms. The highest BCUT2D eigenvalue weighted by atomic mass is 16.2. The van der Waals surface area contributed by atoms with Gasteiger partial charge in [0.1, 0.15) is 6.04 Å². The Morgan fingerprint density at radius 3 is 2.03 bits per heavy atom. The lowest BCUT2D eigenvalue weighted by atomic mass is 9.96. The van der Waals surface area contributed by atoms with Crippen LogP contribution in [0, 0.1) is 5.92 Å². The number of carbonyl (C=O) groups excluding carboxylic acids is 4. The summed E-state index contributed by atoms with van der Waals surface area (Å²) in [6, 6.07) is 12.2. The summed E-state index contributed by atoms with van der Waals surface area (Å²) in [6.07, 6.45) is 0.624. The minimum absolute atomic E-state index is 0.202. The van der Waals surface area contributed by atoms with Crippen molar-refractivity contribution in [2.45, 2.75) is 32.9 Å². The molecule has 2 aromatic rings. The number of nitrogens with two attached hydrogens (primary N) is 1. The number of rotatable bonds is 7. The Balaban J connectivity index is 1.79. The predicted octanol–water partition coefficient (Wildman–Crippen LogP) is 2.11. The molecule has 7 heteroatoms. The summed E-state index contributed by atoms with van der Waals surface area (Å²) >= 11 is 0. The van der Waals surface area contributed by atoms with Crippen LogP contribution in [-0.4, -0.2) is 34.6 Å². The molecule has 0 aromatic heterocycles. The van der Waals surface area contributed by atoms with Gasteiger partial charge in [-0.15, -0.1) is 0 Å². The smallest absolute Gasteiger partial charge is 0.262 e. The van der Waals surface area contributed by atoms with Crippen LogP contribution in [0.5, 0.6) is 0 Å². The van der Waals surface area contributed by atoms with E-state index in [9.17, 15) is 19.2 Å². The molecule has 0 saturated heterocycles. The number of primary amides is 1. The quantitative estimate of drug-likeness (QED) is 0.702. The molecule has 4 amide bonds. The van der Waals surface area contributed by atoms with E-state index in [0.717, 1.165) is 10.5 Å². The van der Waals surface area contributed by atoms with Crippen molar-refractivity contribution in [3.05, 3.63) is 70.8 Å². The van der Waals surface area contributed by atoms with Gasteiger partial charge < -0.3 is 11.1 Å². The molecule has 7 nitrogen and oxygen atoms in total. The Morgan fingerprint density at radius 2 is 1.55 bits per heavy atom. The third-order valence-corrected chi connectivity index (χ3v) is 5.26. The molecule has 2 atom stereocenters. The second-order valence-electron chi connectivity index (χ2n) is 7.14. The SMILES string of the molecule is CCC(C)C(C(=O)NCc1ccc(C(N)=O)cc1)N1C(=O)c2ccccc2C1=O. The van der Waals surface area contributed by atoms with Gasteiger partial charge in [-0.2, -0.15) is 0 Å². The van der Waals surface area contributed by atoms with Gasteiger partial charge >= 0.3 is 0 Å². The Morgan fingerprint density at radius 1 is 1.00 bits per heavy atom. The Bertz CT molecular complexity index is 933. The van der Waals surface area contributed by atoms with Crippen LogP contribution < -0.4 is 11.1 Å². The second kappa shape index (κ2) is 8.26. The summed E-state index contributed by atoms with van der Waals surface area (Å²) in [7, 11) is 0. The summed E-state index contributed by atoms with van der Waals surface area (Å²) < 4.78 is 0. The number of amides is 4. The maximum absolute atomic E-state index is 13.0. The van der Waals surface area contributed by atoms with E-state index >= 15 is 0 Å². The zero-order chi connectivity index (χ0) is 21.1. The highest BCUT2D eigenvalue weighted by Crippen LogP contribution is 2.28. The Labute approximate surface area is 168 Å². The number of hydrogen-bond donors (Lipinski definition) is 2. The molecule has 3 N–H and O–H groups in total. The zero-order valence-electron chi connectivity index (χ0n) is 16.3. The fourth-order valence-electron chi connectivity index (χ4n) is 3.39. The molecule has 0 saturated carbocycles. The summed E-state index contributed by atoms with van der Waals surface area (Å²) in [5.74, 6) is -2.03. The van der Waals surface area contributed by atoms with E-state index in [2.05, 4.69) is 5.32 Å². The number of imide groups is 1. The topological polar surface area (TPSA) is 110 Å². The lowest BCUT2D eigenvalue weighted by molar-refractivity contribution is -0.126. The molecule has 1 aliphatic heterocycles. The number of benzene rings is 2. The second-order valence-corrected chi connectivity index (χ2v) is 7.14. The fraction of sp³-hybridized carbons (Fsp3) is 0.273. The van der Waals surface area contributed by atoms with Gasteiger partial charge in [0, 0.05) is 12.1 Å². The summed E-state index contributed by atoms with van der Waals surface area (Å²) in [4.78, 5) is 50.9. The zero-order valence-corrected chi connectivity index (χ0v) is 16.3. The number of nitrogens with zero attached hydrogens (tertiary/aromatic N) is 1. The van der Waals surface area contributed by atoms with E-state index in [1.807, 2.05) is 13.8 Å². The highest BCUT2D eigenvalue weighted by molar-refractivity contribution is 6.22. The Kier molecular flexibility index (Phi) is 5.77. The van der Waals surface area contributed by atoms with E-state index in [0.29, 0.717) is 23.1 Å². The maximum atomic E-state index is 13.0. The molecule has 2 unspecified atom stereocenters. The van der Waals surface area contributed by atoms with E-state index in [1.165, 1.54) is 0 Å². The molecular formula is C22H23N3O4. The number of carbonyl (C=O) groups is 4. The molecule has 0 fully saturated rings. The minimum Gasteiger partial charge on any atom is -0.366 e. The normalized spacial score (nSPS) is 15.0. The molecule has 150 valence electrons. The lowest BCUT2D eigenvalue weighted by Crippen LogP contribution is -2.52. The van der Waals surface area contributed by atoms with Crippen LogP contribution in [0.25, 0.3) is 0 Å². The number of nitrogens with one attached hydrogen (secondary N) is 1. The van der Waals surface area contributed by atoms with Gasteiger partial charge in [-0.05, 0) is 35.7 Å². The minimum atomic E-state index is -0.905. The first-order valence-electron chi connectivity index (χ1n) is 9.48. The molecule has 0 aliphatic carbocycles. The third kappa shape index (κ3) is 3.89. The first-order valence-corrected chi connectivity index (χ1v) is 9.48. The molecule has 0 radical (unpaired) electrons. The van der Waals surface area contributed by atoms with Gasteiger partial charge in [0.2, 0.25) is 11.8 Å².